The lowest BCUT2D eigenvalue weighted by Gasteiger charge is -2.35. The van der Waals surface area contributed by atoms with E-state index in [0.717, 1.165) is 49.1 Å². The Morgan fingerprint density at radius 1 is 1.35 bits per heavy atom. The maximum Gasteiger partial charge on any atom is 0.307 e. The fraction of sp³-hybridized carbons (Fsp3) is 0.500. The fourth-order valence-corrected chi connectivity index (χ4v) is 3.05. The molecule has 1 aliphatic rings. The highest BCUT2D eigenvalue weighted by Crippen LogP contribution is 2.20. The van der Waals surface area contributed by atoms with Crippen LogP contribution < -0.4 is 20.6 Å². The number of aromatic nitrogens is 1. The topological polar surface area (TPSA) is 46.5 Å². The molecule has 1 aromatic carbocycles. The summed E-state index contributed by atoms with van der Waals surface area (Å²) in [7, 11) is 0. The van der Waals surface area contributed by atoms with Gasteiger partial charge in [0.05, 0.1) is 5.52 Å². The zero-order valence-corrected chi connectivity index (χ0v) is 13.9. The average Bonchev–Trinajstić information content (AvgIpc) is 2.57. The average molecular weight is 315 g/mol. The Hall–Kier alpha value is -2.01. The van der Waals surface area contributed by atoms with Gasteiger partial charge in [0.25, 0.3) is 0 Å². The van der Waals surface area contributed by atoms with E-state index in [0.29, 0.717) is 12.6 Å². The highest BCUT2D eigenvalue weighted by atomic mass is 16.7. The number of anilines is 1. The van der Waals surface area contributed by atoms with Crippen LogP contribution in [0.3, 0.4) is 0 Å². The Morgan fingerprint density at radius 3 is 2.96 bits per heavy atom. The molecule has 2 aromatic rings. The summed E-state index contributed by atoms with van der Waals surface area (Å²) in [4.78, 5) is 21.0. The highest BCUT2D eigenvalue weighted by Gasteiger charge is 2.22. The molecule has 1 N–H and O–H groups in total. The third kappa shape index (κ3) is 3.20. The van der Waals surface area contributed by atoms with Crippen LogP contribution in [0.15, 0.2) is 35.1 Å². The summed E-state index contributed by atoms with van der Waals surface area (Å²) in [5, 5.41) is 4.40. The lowest BCUT2D eigenvalue weighted by atomic mass is 10.1. The summed E-state index contributed by atoms with van der Waals surface area (Å²) < 4.78 is 1.48. The van der Waals surface area contributed by atoms with Crippen molar-refractivity contribution in [3.05, 3.63) is 40.7 Å². The summed E-state index contributed by atoms with van der Waals surface area (Å²) in [6, 6.07) is 10.2. The van der Waals surface area contributed by atoms with Gasteiger partial charge in [-0.25, -0.2) is 0 Å². The number of pyridine rings is 1. The van der Waals surface area contributed by atoms with Gasteiger partial charge in [0, 0.05) is 31.1 Å². The third-order valence-electron chi connectivity index (χ3n) is 4.38. The molecule has 0 amide bonds. The predicted octanol–water partition coefficient (Wildman–Crippen LogP) is 2.03. The van der Waals surface area contributed by atoms with Crippen molar-refractivity contribution in [3.63, 3.8) is 0 Å². The van der Waals surface area contributed by atoms with Gasteiger partial charge < -0.3 is 15.1 Å². The molecule has 1 aliphatic heterocycles. The van der Waals surface area contributed by atoms with Crippen LogP contribution >= 0.6 is 0 Å². The molecule has 0 spiro atoms. The second-order valence-corrected chi connectivity index (χ2v) is 6.12. The number of hydrogen-bond donors (Lipinski definition) is 1. The standard InChI is InChI=1S/C18H25N3O2/c1-3-4-11-23-21-16-8-6-5-7-15(16)12-17(18(21)22)20-10-9-19-13-14(20)2/h5-8,12,14,19H,3-4,9-11,13H2,1-2H3. The molecule has 0 saturated carbocycles. The Morgan fingerprint density at radius 2 is 2.17 bits per heavy atom. The van der Waals surface area contributed by atoms with Gasteiger partial charge in [-0.2, -0.15) is 0 Å². The molecule has 3 rings (SSSR count). The normalized spacial score (nSPS) is 18.3. The van der Waals surface area contributed by atoms with E-state index in [2.05, 4.69) is 24.1 Å². The Kier molecular flexibility index (Phi) is 4.86. The van der Waals surface area contributed by atoms with Gasteiger partial charge in [0.2, 0.25) is 0 Å². The van der Waals surface area contributed by atoms with Crippen LogP contribution in [0.4, 0.5) is 5.69 Å². The van der Waals surface area contributed by atoms with Crippen LogP contribution in [-0.4, -0.2) is 37.0 Å². The minimum absolute atomic E-state index is 0.0615. The zero-order chi connectivity index (χ0) is 16.2. The monoisotopic (exact) mass is 315 g/mol. The molecule has 1 unspecified atom stereocenters. The van der Waals surface area contributed by atoms with Crippen molar-refractivity contribution >= 4 is 16.6 Å². The first-order valence-corrected chi connectivity index (χ1v) is 8.48. The lowest BCUT2D eigenvalue weighted by molar-refractivity contribution is 0.110. The molecule has 23 heavy (non-hydrogen) atoms. The minimum Gasteiger partial charge on any atom is -0.410 e. The van der Waals surface area contributed by atoms with Crippen LogP contribution in [0.25, 0.3) is 10.9 Å². The van der Waals surface area contributed by atoms with Crippen molar-refractivity contribution in [3.8, 4) is 0 Å². The molecule has 1 aromatic heterocycles. The van der Waals surface area contributed by atoms with Gasteiger partial charge in [-0.3, -0.25) is 4.79 Å². The van der Waals surface area contributed by atoms with E-state index in [9.17, 15) is 4.79 Å². The van der Waals surface area contributed by atoms with Gasteiger partial charge in [-0.05, 0) is 25.5 Å². The molecule has 5 heteroatoms. The van der Waals surface area contributed by atoms with E-state index in [-0.39, 0.29) is 5.56 Å². The number of para-hydroxylation sites is 1. The first kappa shape index (κ1) is 15.9. The number of rotatable bonds is 5. The molecule has 0 bridgehead atoms. The van der Waals surface area contributed by atoms with E-state index in [1.807, 2.05) is 30.3 Å². The molecule has 1 atom stereocenters. The molecule has 124 valence electrons. The molecule has 2 heterocycles. The molecule has 1 fully saturated rings. The first-order chi connectivity index (χ1) is 11.2. The summed E-state index contributed by atoms with van der Waals surface area (Å²) in [6.07, 6.45) is 1.98. The van der Waals surface area contributed by atoms with Crippen LogP contribution in [0.1, 0.15) is 26.7 Å². The molecular formula is C18H25N3O2. The SMILES string of the molecule is CCCCOn1c(=O)c(N2CCNCC2C)cc2ccccc21. The van der Waals surface area contributed by atoms with Crippen LogP contribution in [0.5, 0.6) is 0 Å². The summed E-state index contributed by atoms with van der Waals surface area (Å²) in [5.41, 5.74) is 1.50. The second kappa shape index (κ2) is 7.04. The number of nitrogens with zero attached hydrogens (tertiary/aromatic N) is 2. The highest BCUT2D eigenvalue weighted by molar-refractivity contribution is 5.82. The van der Waals surface area contributed by atoms with Gasteiger partial charge in [0.1, 0.15) is 12.3 Å². The van der Waals surface area contributed by atoms with Gasteiger partial charge in [0.15, 0.2) is 0 Å². The van der Waals surface area contributed by atoms with Crippen LogP contribution in [-0.2, 0) is 0 Å². The molecule has 5 nitrogen and oxygen atoms in total. The largest absolute Gasteiger partial charge is 0.410 e. The fourth-order valence-electron chi connectivity index (χ4n) is 3.05. The molecule has 1 saturated heterocycles. The molecule has 0 radical (unpaired) electrons. The van der Waals surface area contributed by atoms with Crippen molar-refractivity contribution in [2.45, 2.75) is 32.7 Å². The number of benzene rings is 1. The Labute approximate surface area is 136 Å². The molecule has 0 aliphatic carbocycles. The second-order valence-electron chi connectivity index (χ2n) is 6.12. The third-order valence-corrected chi connectivity index (χ3v) is 4.38. The zero-order valence-electron chi connectivity index (χ0n) is 13.9. The summed E-state index contributed by atoms with van der Waals surface area (Å²) >= 11 is 0. The van der Waals surface area contributed by atoms with Gasteiger partial charge >= 0.3 is 5.56 Å². The smallest absolute Gasteiger partial charge is 0.307 e. The number of fused-ring (bicyclic) bond motifs is 1. The number of piperazine rings is 1. The maximum atomic E-state index is 13.0. The predicted molar refractivity (Wildman–Crippen MR) is 94.2 cm³/mol. The quantitative estimate of drug-likeness (QED) is 0.858. The van der Waals surface area contributed by atoms with Crippen LogP contribution in [0, 0.1) is 0 Å². The van der Waals surface area contributed by atoms with Crippen molar-refractivity contribution in [2.24, 2.45) is 0 Å². The molecular weight excluding hydrogens is 290 g/mol. The van der Waals surface area contributed by atoms with Crippen molar-refractivity contribution in [1.29, 1.82) is 0 Å². The Bertz CT molecular complexity index is 726. The van der Waals surface area contributed by atoms with E-state index >= 15 is 0 Å². The van der Waals surface area contributed by atoms with Gasteiger partial charge in [-0.15, -0.1) is 4.73 Å². The number of hydrogen-bond acceptors (Lipinski definition) is 4. The van der Waals surface area contributed by atoms with Crippen molar-refractivity contribution < 1.29 is 4.84 Å². The van der Waals surface area contributed by atoms with E-state index in [1.165, 1.54) is 4.73 Å². The van der Waals surface area contributed by atoms with E-state index < -0.39 is 0 Å². The first-order valence-electron chi connectivity index (χ1n) is 8.48. The maximum absolute atomic E-state index is 13.0. The Balaban J connectivity index is 2.07. The van der Waals surface area contributed by atoms with E-state index in [4.69, 9.17) is 4.84 Å². The van der Waals surface area contributed by atoms with Crippen molar-refractivity contribution in [2.75, 3.05) is 31.1 Å². The van der Waals surface area contributed by atoms with E-state index in [1.54, 1.807) is 0 Å². The minimum atomic E-state index is -0.0615. The summed E-state index contributed by atoms with van der Waals surface area (Å²) in [5.74, 6) is 0. The lowest BCUT2D eigenvalue weighted by Crippen LogP contribution is -2.52. The number of unbranched alkanes of at least 4 members (excludes halogenated alkanes) is 1. The summed E-state index contributed by atoms with van der Waals surface area (Å²) in [6.45, 7) is 7.44. The van der Waals surface area contributed by atoms with Crippen molar-refractivity contribution in [1.82, 2.24) is 10.0 Å². The van der Waals surface area contributed by atoms with Gasteiger partial charge in [-0.1, -0.05) is 31.5 Å². The number of nitrogens with one attached hydrogen (secondary N) is 1. The van der Waals surface area contributed by atoms with Crippen LogP contribution in [0.2, 0.25) is 0 Å².